The molecule has 0 bridgehead atoms. The predicted octanol–water partition coefficient (Wildman–Crippen LogP) is 6.57. The zero-order chi connectivity index (χ0) is 28.8. The van der Waals surface area contributed by atoms with Crippen LogP contribution in [-0.4, -0.2) is 68.8 Å². The van der Waals surface area contributed by atoms with Crippen LogP contribution in [-0.2, 0) is 17.3 Å². The van der Waals surface area contributed by atoms with E-state index < -0.39 is 23.5 Å². The van der Waals surface area contributed by atoms with Crippen molar-refractivity contribution in [3.63, 3.8) is 0 Å². The Bertz CT molecular complexity index is 1390. The van der Waals surface area contributed by atoms with E-state index in [0.29, 0.717) is 23.8 Å². The number of halogens is 3. The van der Waals surface area contributed by atoms with Crippen molar-refractivity contribution in [3.8, 4) is 11.8 Å². The zero-order valence-electron chi connectivity index (χ0n) is 23.3. The van der Waals surface area contributed by atoms with Crippen molar-refractivity contribution in [3.05, 3.63) is 54.2 Å². The summed E-state index contributed by atoms with van der Waals surface area (Å²) in [6.45, 7) is 3.30. The van der Waals surface area contributed by atoms with Gasteiger partial charge < -0.3 is 20.1 Å². The van der Waals surface area contributed by atoms with Crippen molar-refractivity contribution in [2.75, 3.05) is 47.5 Å². The van der Waals surface area contributed by atoms with Crippen LogP contribution in [0, 0.1) is 11.8 Å². The highest BCUT2D eigenvalue weighted by atomic mass is 32.2. The fourth-order valence-corrected chi connectivity index (χ4v) is 7.69. The Hall–Kier alpha value is -2.61. The first-order valence-electron chi connectivity index (χ1n) is 14.3. The van der Waals surface area contributed by atoms with Crippen molar-refractivity contribution < 1.29 is 17.4 Å². The molecule has 0 unspecified atom stereocenters. The number of rotatable bonds is 8. The number of anilines is 2. The molecular weight excluding hydrogens is 565 g/mol. The third kappa shape index (κ3) is 8.02. The van der Waals surface area contributed by atoms with Gasteiger partial charge in [-0.3, -0.25) is 4.21 Å². The van der Waals surface area contributed by atoms with Crippen LogP contribution in [0.4, 0.5) is 24.5 Å². The molecule has 0 amide bonds. The van der Waals surface area contributed by atoms with Crippen molar-refractivity contribution in [2.45, 2.75) is 62.3 Å². The van der Waals surface area contributed by atoms with Crippen LogP contribution in [0.1, 0.15) is 38.3 Å². The van der Waals surface area contributed by atoms with Crippen LogP contribution in [0.3, 0.4) is 0 Å². The summed E-state index contributed by atoms with van der Waals surface area (Å²) < 4.78 is 53.8. The number of hydrogen-bond acceptors (Lipinski definition) is 5. The smallest absolute Gasteiger partial charge is 0.382 e. The van der Waals surface area contributed by atoms with Crippen LogP contribution in [0.15, 0.2) is 53.4 Å². The molecule has 0 atom stereocenters. The van der Waals surface area contributed by atoms with E-state index in [1.807, 2.05) is 36.4 Å². The number of aromatic nitrogens is 1. The summed E-state index contributed by atoms with van der Waals surface area (Å²) in [5.74, 6) is 8.61. The predicted molar refractivity (Wildman–Crippen MR) is 165 cm³/mol. The minimum Gasteiger partial charge on any atom is -0.382 e. The van der Waals surface area contributed by atoms with E-state index >= 15 is 0 Å². The Morgan fingerprint density at radius 1 is 1.05 bits per heavy atom. The van der Waals surface area contributed by atoms with Gasteiger partial charge in [0.25, 0.3) is 0 Å². The molecular formula is C31H37F3N4OS2. The molecule has 1 aromatic heterocycles. The molecule has 0 spiro atoms. The molecule has 2 aliphatic rings. The topological polar surface area (TPSA) is 49.3 Å². The van der Waals surface area contributed by atoms with Gasteiger partial charge in [0.2, 0.25) is 0 Å². The lowest BCUT2D eigenvalue weighted by Crippen LogP contribution is -2.46. The molecule has 0 radical (unpaired) electrons. The molecule has 220 valence electrons. The Labute approximate surface area is 247 Å². The van der Waals surface area contributed by atoms with E-state index in [1.165, 1.54) is 9.46 Å². The van der Waals surface area contributed by atoms with Gasteiger partial charge in [-0.05, 0) is 79.8 Å². The van der Waals surface area contributed by atoms with Crippen LogP contribution >= 0.6 is 11.8 Å². The van der Waals surface area contributed by atoms with Gasteiger partial charge in [-0.25, -0.2) is 0 Å². The van der Waals surface area contributed by atoms with Gasteiger partial charge in [-0.15, -0.1) is 11.8 Å². The molecule has 10 heteroatoms. The number of hydrogen-bond donors (Lipinski definition) is 2. The molecule has 2 aliphatic heterocycles. The monoisotopic (exact) mass is 602 g/mol. The van der Waals surface area contributed by atoms with Gasteiger partial charge in [-0.2, -0.15) is 13.2 Å². The lowest BCUT2D eigenvalue weighted by Gasteiger charge is -2.39. The van der Waals surface area contributed by atoms with Gasteiger partial charge >= 0.3 is 6.18 Å². The molecule has 41 heavy (non-hydrogen) atoms. The summed E-state index contributed by atoms with van der Waals surface area (Å²) in [5, 5.41) is 7.62. The maximum absolute atomic E-state index is 13.6. The number of fused-ring (bicyclic) bond motifs is 1. The van der Waals surface area contributed by atoms with E-state index in [1.54, 1.807) is 23.9 Å². The molecule has 2 saturated heterocycles. The fraction of sp³-hybridized carbons (Fsp3) is 0.484. The maximum atomic E-state index is 13.6. The maximum Gasteiger partial charge on any atom is 0.406 e. The highest BCUT2D eigenvalue weighted by molar-refractivity contribution is 7.99. The molecule has 3 aromatic rings. The summed E-state index contributed by atoms with van der Waals surface area (Å²) in [6, 6.07) is 16.1. The number of alkyl halides is 3. The lowest BCUT2D eigenvalue weighted by molar-refractivity contribution is -0.140. The molecule has 5 rings (SSSR count). The van der Waals surface area contributed by atoms with Gasteiger partial charge in [0.1, 0.15) is 6.54 Å². The van der Waals surface area contributed by atoms with Crippen LogP contribution < -0.4 is 10.6 Å². The highest BCUT2D eigenvalue weighted by Crippen LogP contribution is 2.32. The van der Waals surface area contributed by atoms with E-state index in [4.69, 9.17) is 0 Å². The standard InChI is InChI=1S/C31H37F3N4OS2/c1-2-40-27-10-8-23(9-11-27)35-16-4-5-26-21-28-29(6-3-7-30(28)38(26)22-31(32,33)34)36-24-12-17-37(18-13-24)25-14-19-41(39)20-15-25/h3,6-11,21,24-25,35-36H,2,12-20,22H2,1H3. The number of nitrogens with zero attached hydrogens (tertiary/aromatic N) is 2. The first kappa shape index (κ1) is 29.9. The van der Waals surface area contributed by atoms with Gasteiger partial charge in [0.15, 0.2) is 0 Å². The van der Waals surface area contributed by atoms with E-state index in [0.717, 1.165) is 72.8 Å². The molecule has 3 heterocycles. The van der Waals surface area contributed by atoms with Crippen LogP contribution in [0.5, 0.6) is 0 Å². The molecule has 0 saturated carbocycles. The van der Waals surface area contributed by atoms with Crippen LogP contribution in [0.25, 0.3) is 10.9 Å². The van der Waals surface area contributed by atoms with Crippen LogP contribution in [0.2, 0.25) is 0 Å². The molecule has 2 fully saturated rings. The Morgan fingerprint density at radius 2 is 1.78 bits per heavy atom. The second kappa shape index (κ2) is 13.6. The van der Waals surface area contributed by atoms with Gasteiger partial charge in [0.05, 0.1) is 17.8 Å². The molecule has 5 nitrogen and oxygen atoms in total. The Kier molecular flexibility index (Phi) is 9.89. The van der Waals surface area contributed by atoms with Gasteiger partial charge in [0, 0.05) is 69.1 Å². The minimum atomic E-state index is -4.36. The molecule has 2 N–H and O–H groups in total. The summed E-state index contributed by atoms with van der Waals surface area (Å²) in [5.41, 5.74) is 2.65. The van der Waals surface area contributed by atoms with Crippen molar-refractivity contribution in [1.29, 1.82) is 0 Å². The quantitative estimate of drug-likeness (QED) is 0.226. The van der Waals surface area contributed by atoms with E-state index in [-0.39, 0.29) is 6.04 Å². The minimum absolute atomic E-state index is 0.251. The average molecular weight is 603 g/mol. The van der Waals surface area contributed by atoms with E-state index in [9.17, 15) is 17.4 Å². The largest absolute Gasteiger partial charge is 0.406 e. The number of thioether (sulfide) groups is 1. The third-order valence-electron chi connectivity index (χ3n) is 7.81. The summed E-state index contributed by atoms with van der Waals surface area (Å²) in [7, 11) is -0.658. The number of likely N-dealkylation sites (tertiary alicyclic amines) is 1. The van der Waals surface area contributed by atoms with Crippen molar-refractivity contribution in [2.24, 2.45) is 0 Å². The van der Waals surface area contributed by atoms with Crippen molar-refractivity contribution in [1.82, 2.24) is 9.47 Å². The summed E-state index contributed by atoms with van der Waals surface area (Å²) in [6.07, 6.45) is -0.423. The number of benzene rings is 2. The Balaban J connectivity index is 1.28. The zero-order valence-corrected chi connectivity index (χ0v) is 24.9. The highest BCUT2D eigenvalue weighted by Gasteiger charge is 2.31. The fourth-order valence-electron chi connectivity index (χ4n) is 5.76. The van der Waals surface area contributed by atoms with Gasteiger partial charge in [-0.1, -0.05) is 18.9 Å². The summed E-state index contributed by atoms with van der Waals surface area (Å²) >= 11 is 1.77. The molecule has 2 aromatic carbocycles. The normalized spacial score (nSPS) is 20.5. The second-order valence-electron chi connectivity index (χ2n) is 10.6. The number of nitrogens with one attached hydrogen (secondary N) is 2. The average Bonchev–Trinajstić information content (AvgIpc) is 3.30. The summed E-state index contributed by atoms with van der Waals surface area (Å²) in [4.78, 5) is 3.72. The first-order valence-corrected chi connectivity index (χ1v) is 16.8. The number of piperidine rings is 1. The SMILES string of the molecule is CCSc1ccc(NCC#Cc2cc3c(NC4CCN(C5CCS(=O)CC5)CC4)cccc3n2CC(F)(F)F)cc1. The third-order valence-corrected chi connectivity index (χ3v) is 10.1. The Morgan fingerprint density at radius 3 is 2.46 bits per heavy atom. The first-order chi connectivity index (χ1) is 19.8. The van der Waals surface area contributed by atoms with E-state index in [2.05, 4.69) is 34.3 Å². The second-order valence-corrected chi connectivity index (χ2v) is 13.6. The molecule has 0 aliphatic carbocycles. The lowest BCUT2D eigenvalue weighted by atomic mass is 10.00. The van der Waals surface area contributed by atoms with Crippen molar-refractivity contribution >= 4 is 44.8 Å².